The molecule has 0 aliphatic carbocycles. The minimum absolute atomic E-state index is 0.438. The van der Waals surface area contributed by atoms with Gasteiger partial charge in [0.15, 0.2) is 8.60 Å². The molecule has 0 bridgehead atoms. The molecule has 0 N–H and O–H groups in total. The van der Waals surface area contributed by atoms with Gasteiger partial charge in [-0.25, -0.2) is 8.42 Å². The Labute approximate surface area is 121 Å². The molecule has 1 aromatic rings. The SMILES string of the molecule is O=[N+]([O-])c1cc(S(=O)(=O)Cl)nc(OC(F)(F)F)c1I. The van der Waals surface area contributed by atoms with Gasteiger partial charge in [0.1, 0.15) is 0 Å². The van der Waals surface area contributed by atoms with Gasteiger partial charge >= 0.3 is 6.36 Å². The topological polar surface area (TPSA) is 99.4 Å². The summed E-state index contributed by atoms with van der Waals surface area (Å²) in [6.07, 6.45) is -5.19. The van der Waals surface area contributed by atoms with E-state index in [-0.39, 0.29) is 0 Å². The predicted octanol–water partition coefficient (Wildman–Crippen LogP) is 2.42. The summed E-state index contributed by atoms with van der Waals surface area (Å²) in [6.45, 7) is 0. The van der Waals surface area contributed by atoms with Crippen molar-refractivity contribution in [1.82, 2.24) is 4.98 Å². The third-order valence-corrected chi connectivity index (χ3v) is 3.74. The van der Waals surface area contributed by atoms with E-state index >= 15 is 0 Å². The van der Waals surface area contributed by atoms with Crippen LogP contribution in [0.25, 0.3) is 0 Å². The number of halogens is 5. The molecule has 0 aromatic carbocycles. The van der Waals surface area contributed by atoms with Gasteiger partial charge in [-0.2, -0.15) is 4.98 Å². The molecule has 13 heteroatoms. The molecule has 1 aromatic heterocycles. The molecular weight excluding hydrogens is 431 g/mol. The molecule has 0 fully saturated rings. The second kappa shape index (κ2) is 5.24. The Morgan fingerprint density at radius 2 is 2.00 bits per heavy atom. The first-order valence-electron chi connectivity index (χ1n) is 3.97. The summed E-state index contributed by atoms with van der Waals surface area (Å²) in [5, 5.41) is 9.51. The highest BCUT2D eigenvalue weighted by Crippen LogP contribution is 2.34. The number of ether oxygens (including phenoxy) is 1. The second-order valence-electron chi connectivity index (χ2n) is 2.84. The van der Waals surface area contributed by atoms with Crippen molar-refractivity contribution in [2.45, 2.75) is 11.4 Å². The van der Waals surface area contributed by atoms with E-state index in [1.54, 1.807) is 0 Å². The van der Waals surface area contributed by atoms with E-state index in [1.165, 1.54) is 22.6 Å². The van der Waals surface area contributed by atoms with Gasteiger partial charge < -0.3 is 4.74 Å². The fourth-order valence-corrected chi connectivity index (χ4v) is 2.17. The normalized spacial score (nSPS) is 12.3. The van der Waals surface area contributed by atoms with E-state index in [0.717, 1.165) is 0 Å². The Balaban J connectivity index is 3.54. The molecule has 0 unspecified atom stereocenters. The second-order valence-corrected chi connectivity index (χ2v) is 6.43. The first-order valence-corrected chi connectivity index (χ1v) is 7.36. The van der Waals surface area contributed by atoms with E-state index in [9.17, 15) is 31.7 Å². The van der Waals surface area contributed by atoms with Crippen molar-refractivity contribution in [1.29, 1.82) is 0 Å². The molecular formula is C6HClF3IN2O5S. The molecule has 7 nitrogen and oxygen atoms in total. The summed E-state index contributed by atoms with van der Waals surface area (Å²) in [5.41, 5.74) is -0.922. The van der Waals surface area contributed by atoms with Crippen LogP contribution in [0.3, 0.4) is 0 Å². The first kappa shape index (κ1) is 16.2. The maximum atomic E-state index is 12.1. The summed E-state index contributed by atoms with van der Waals surface area (Å²) in [4.78, 5) is 12.5. The lowest BCUT2D eigenvalue weighted by Gasteiger charge is -2.10. The largest absolute Gasteiger partial charge is 0.574 e. The zero-order valence-corrected chi connectivity index (χ0v) is 12.0. The maximum Gasteiger partial charge on any atom is 0.574 e. The minimum atomic E-state index is -5.19. The Morgan fingerprint density at radius 1 is 1.47 bits per heavy atom. The highest BCUT2D eigenvalue weighted by atomic mass is 127. The molecule has 1 heterocycles. The zero-order valence-electron chi connectivity index (χ0n) is 8.31. The number of nitrogens with zero attached hydrogens (tertiary/aromatic N) is 2. The summed E-state index contributed by atoms with van der Waals surface area (Å²) in [6, 6.07) is 0.438. The van der Waals surface area contributed by atoms with E-state index in [1.807, 2.05) is 0 Å². The monoisotopic (exact) mass is 432 g/mol. The number of hydrogen-bond acceptors (Lipinski definition) is 6. The van der Waals surface area contributed by atoms with Crippen LogP contribution in [0.2, 0.25) is 0 Å². The van der Waals surface area contributed by atoms with Gasteiger partial charge in [0.05, 0.1) is 11.0 Å². The van der Waals surface area contributed by atoms with Crippen LogP contribution < -0.4 is 4.74 Å². The number of hydrogen-bond donors (Lipinski definition) is 0. The fraction of sp³-hybridized carbons (Fsp3) is 0.167. The molecule has 0 atom stereocenters. The van der Waals surface area contributed by atoms with E-state index in [0.29, 0.717) is 6.07 Å². The minimum Gasteiger partial charge on any atom is -0.386 e. The van der Waals surface area contributed by atoms with Crippen LogP contribution in [-0.4, -0.2) is 24.7 Å². The lowest BCUT2D eigenvalue weighted by atomic mass is 10.4. The number of aromatic nitrogens is 1. The lowest BCUT2D eigenvalue weighted by Crippen LogP contribution is -2.19. The van der Waals surface area contributed by atoms with Gasteiger partial charge in [-0.05, 0) is 22.6 Å². The molecule has 106 valence electrons. The smallest absolute Gasteiger partial charge is 0.386 e. The van der Waals surface area contributed by atoms with Gasteiger partial charge in [-0.15, -0.1) is 13.2 Å². The van der Waals surface area contributed by atoms with Crippen molar-refractivity contribution in [2.24, 2.45) is 0 Å². The molecule has 1 rings (SSSR count). The van der Waals surface area contributed by atoms with E-state index in [4.69, 9.17) is 10.7 Å². The van der Waals surface area contributed by atoms with E-state index < -0.39 is 40.5 Å². The molecule has 0 saturated heterocycles. The molecule has 0 saturated carbocycles. The highest BCUT2D eigenvalue weighted by Gasteiger charge is 2.35. The summed E-state index contributed by atoms with van der Waals surface area (Å²) in [5.74, 6) is -1.26. The van der Waals surface area contributed by atoms with Crippen molar-refractivity contribution in [3.8, 4) is 5.88 Å². The summed E-state index contributed by atoms with van der Waals surface area (Å²) in [7, 11) is 0.331. The zero-order chi connectivity index (χ0) is 15.0. The van der Waals surface area contributed by atoms with Crippen LogP contribution in [0.1, 0.15) is 0 Å². The Kier molecular flexibility index (Phi) is 4.46. The Bertz CT molecular complexity index is 634. The van der Waals surface area contributed by atoms with Gasteiger partial charge in [0, 0.05) is 10.7 Å². The summed E-state index contributed by atoms with van der Waals surface area (Å²) >= 11 is 1.17. The van der Waals surface area contributed by atoms with Gasteiger partial charge in [-0.1, -0.05) is 0 Å². The third-order valence-electron chi connectivity index (χ3n) is 1.54. The van der Waals surface area contributed by atoms with Crippen LogP contribution in [0.5, 0.6) is 5.88 Å². The van der Waals surface area contributed by atoms with Crippen molar-refractivity contribution in [2.75, 3.05) is 0 Å². The molecule has 0 aliphatic heterocycles. The summed E-state index contributed by atoms with van der Waals surface area (Å²) < 4.78 is 61.0. The standard InChI is InChI=1S/C6HClF3IN2O5S/c7-19(16,17)3-1-2(13(14)15)4(11)5(12-3)18-6(8,9)10/h1H. The van der Waals surface area contributed by atoms with Crippen molar-refractivity contribution in [3.05, 3.63) is 19.8 Å². The molecule has 0 amide bonds. The quantitative estimate of drug-likeness (QED) is 0.315. The van der Waals surface area contributed by atoms with Crippen LogP contribution >= 0.6 is 33.3 Å². The van der Waals surface area contributed by atoms with Crippen LogP contribution in [0.15, 0.2) is 11.1 Å². The van der Waals surface area contributed by atoms with Crippen LogP contribution in [0.4, 0.5) is 18.9 Å². The van der Waals surface area contributed by atoms with Crippen molar-refractivity contribution < 1.29 is 31.2 Å². The molecule has 0 radical (unpaired) electrons. The fourth-order valence-electron chi connectivity index (χ4n) is 0.906. The molecule has 0 aliphatic rings. The number of alkyl halides is 3. The van der Waals surface area contributed by atoms with Crippen molar-refractivity contribution in [3.63, 3.8) is 0 Å². The third kappa shape index (κ3) is 4.31. The van der Waals surface area contributed by atoms with Gasteiger partial charge in [0.2, 0.25) is 5.88 Å². The number of nitro groups is 1. The average molecular weight is 433 g/mol. The first-order chi connectivity index (χ1) is 8.42. The van der Waals surface area contributed by atoms with Gasteiger partial charge in [-0.3, -0.25) is 10.1 Å². The number of pyridine rings is 1. The molecule has 0 spiro atoms. The number of rotatable bonds is 3. The van der Waals surface area contributed by atoms with E-state index in [2.05, 4.69) is 9.72 Å². The predicted molar refractivity (Wildman–Crippen MR) is 63.3 cm³/mol. The van der Waals surface area contributed by atoms with Gasteiger partial charge in [0.25, 0.3) is 14.7 Å². The Morgan fingerprint density at radius 3 is 2.37 bits per heavy atom. The Hall–Kier alpha value is -0.890. The average Bonchev–Trinajstić information content (AvgIpc) is 2.16. The van der Waals surface area contributed by atoms with Crippen LogP contribution in [0, 0.1) is 13.7 Å². The van der Waals surface area contributed by atoms with Crippen molar-refractivity contribution >= 4 is 48.0 Å². The van der Waals surface area contributed by atoms with Crippen LogP contribution in [-0.2, 0) is 9.05 Å². The lowest BCUT2D eigenvalue weighted by molar-refractivity contribution is -0.386. The highest BCUT2D eigenvalue weighted by molar-refractivity contribution is 14.1. The maximum absolute atomic E-state index is 12.1. The molecule has 19 heavy (non-hydrogen) atoms.